The van der Waals surface area contributed by atoms with Gasteiger partial charge in [-0.3, -0.25) is 9.89 Å². The van der Waals surface area contributed by atoms with Gasteiger partial charge in [-0.2, -0.15) is 5.10 Å². The molecule has 1 aromatic heterocycles. The minimum Gasteiger partial charge on any atom is -0.352 e. The quantitative estimate of drug-likeness (QED) is 0.633. The number of likely N-dealkylation sites (tertiary alicyclic amines) is 1. The van der Waals surface area contributed by atoms with Crippen LogP contribution in [0.3, 0.4) is 0 Å². The second-order valence-corrected chi connectivity index (χ2v) is 7.58. The first-order chi connectivity index (χ1) is 14.0. The van der Waals surface area contributed by atoms with Crippen molar-refractivity contribution in [2.75, 3.05) is 26.2 Å². The maximum absolute atomic E-state index is 12.3. The smallest absolute Gasteiger partial charge is 0.317 e. The monoisotopic (exact) mass is 398 g/mol. The molecule has 1 atom stereocenters. The highest BCUT2D eigenvalue weighted by molar-refractivity contribution is 5.94. The number of aromatic amines is 1. The van der Waals surface area contributed by atoms with Gasteiger partial charge in [-0.15, -0.1) is 0 Å². The van der Waals surface area contributed by atoms with Crippen molar-refractivity contribution in [2.45, 2.75) is 39.5 Å². The molecule has 2 aromatic rings. The number of nitrogens with one attached hydrogen (secondary N) is 3. The van der Waals surface area contributed by atoms with Gasteiger partial charge in [0.05, 0.1) is 0 Å². The molecule has 1 aliphatic rings. The van der Waals surface area contributed by atoms with Crippen LogP contribution in [0.25, 0.3) is 0 Å². The Kier molecular flexibility index (Phi) is 7.21. The minimum absolute atomic E-state index is 0.0431. The minimum atomic E-state index is -0.0940. The van der Waals surface area contributed by atoms with E-state index in [2.05, 4.69) is 25.8 Å². The molecule has 0 spiro atoms. The number of nitrogens with zero attached hydrogens (tertiary/aromatic N) is 3. The van der Waals surface area contributed by atoms with E-state index < -0.39 is 0 Å². The SMILES string of the molecule is CCCNC(=O)N1CCC(Cc2ccc(C(=O)NCCc3n[nH]c(C)n3)cc2)C1. The molecule has 3 rings (SSSR count). The number of benzene rings is 1. The van der Waals surface area contributed by atoms with Crippen LogP contribution in [0.5, 0.6) is 0 Å². The van der Waals surface area contributed by atoms with E-state index in [1.54, 1.807) is 0 Å². The second kappa shape index (κ2) is 10.0. The van der Waals surface area contributed by atoms with Gasteiger partial charge in [-0.1, -0.05) is 19.1 Å². The average molecular weight is 399 g/mol. The van der Waals surface area contributed by atoms with Crippen LogP contribution in [-0.2, 0) is 12.8 Å². The fourth-order valence-electron chi connectivity index (χ4n) is 3.54. The number of carbonyl (C=O) groups is 2. The first-order valence-corrected chi connectivity index (χ1v) is 10.3. The van der Waals surface area contributed by atoms with Crippen molar-refractivity contribution in [3.63, 3.8) is 0 Å². The van der Waals surface area contributed by atoms with Crippen LogP contribution in [0, 0.1) is 12.8 Å². The molecule has 8 heteroatoms. The highest BCUT2D eigenvalue weighted by Crippen LogP contribution is 2.21. The zero-order chi connectivity index (χ0) is 20.6. The molecule has 1 aliphatic heterocycles. The Balaban J connectivity index is 1.42. The highest BCUT2D eigenvalue weighted by Gasteiger charge is 2.26. The summed E-state index contributed by atoms with van der Waals surface area (Å²) in [5.74, 6) is 1.84. The Morgan fingerprint density at radius 1 is 1.21 bits per heavy atom. The van der Waals surface area contributed by atoms with Gasteiger partial charge in [0.2, 0.25) is 0 Å². The zero-order valence-corrected chi connectivity index (χ0v) is 17.2. The molecule has 1 aromatic carbocycles. The van der Waals surface area contributed by atoms with Crippen LogP contribution in [0.15, 0.2) is 24.3 Å². The van der Waals surface area contributed by atoms with Crippen LogP contribution in [0.1, 0.15) is 47.3 Å². The Hall–Kier alpha value is -2.90. The summed E-state index contributed by atoms with van der Waals surface area (Å²) in [5, 5.41) is 12.7. The standard InChI is InChI=1S/C21H30N6O2/c1-3-10-23-21(29)27-12-9-17(14-27)13-16-4-6-18(7-5-16)20(28)22-11-8-19-24-15(2)25-26-19/h4-7,17H,3,8-14H2,1-2H3,(H,22,28)(H,23,29)(H,24,25,26). The molecule has 2 heterocycles. The van der Waals surface area contributed by atoms with Gasteiger partial charge in [-0.05, 0) is 49.8 Å². The molecule has 0 bridgehead atoms. The molecule has 29 heavy (non-hydrogen) atoms. The van der Waals surface area contributed by atoms with E-state index in [1.807, 2.05) is 43.0 Å². The van der Waals surface area contributed by atoms with Crippen LogP contribution < -0.4 is 10.6 Å². The molecule has 0 aliphatic carbocycles. The van der Waals surface area contributed by atoms with Gasteiger partial charge in [0, 0.05) is 38.2 Å². The highest BCUT2D eigenvalue weighted by atomic mass is 16.2. The number of amides is 3. The van der Waals surface area contributed by atoms with Crippen molar-refractivity contribution in [1.82, 2.24) is 30.7 Å². The summed E-state index contributed by atoms with van der Waals surface area (Å²) in [6.07, 6.45) is 3.48. The second-order valence-electron chi connectivity index (χ2n) is 7.58. The maximum atomic E-state index is 12.3. The number of rotatable bonds is 8. The van der Waals surface area contributed by atoms with E-state index in [0.29, 0.717) is 30.3 Å². The summed E-state index contributed by atoms with van der Waals surface area (Å²) in [7, 11) is 0. The first-order valence-electron chi connectivity index (χ1n) is 10.3. The maximum Gasteiger partial charge on any atom is 0.317 e. The average Bonchev–Trinajstić information content (AvgIpc) is 3.35. The van der Waals surface area contributed by atoms with Crippen molar-refractivity contribution < 1.29 is 9.59 Å². The van der Waals surface area contributed by atoms with Crippen molar-refractivity contribution in [3.05, 3.63) is 47.0 Å². The third-order valence-electron chi connectivity index (χ3n) is 5.12. The van der Waals surface area contributed by atoms with E-state index in [0.717, 1.165) is 44.7 Å². The summed E-state index contributed by atoms with van der Waals surface area (Å²) in [6.45, 7) is 6.72. The predicted molar refractivity (Wildman–Crippen MR) is 111 cm³/mol. The van der Waals surface area contributed by atoms with E-state index in [1.165, 1.54) is 5.56 Å². The molecule has 1 fully saturated rings. The summed E-state index contributed by atoms with van der Waals surface area (Å²) in [4.78, 5) is 30.5. The molecule has 3 N–H and O–H groups in total. The lowest BCUT2D eigenvalue weighted by atomic mass is 9.98. The number of urea groups is 1. The summed E-state index contributed by atoms with van der Waals surface area (Å²) < 4.78 is 0. The fraction of sp³-hybridized carbons (Fsp3) is 0.524. The number of hydrogen-bond acceptors (Lipinski definition) is 4. The van der Waals surface area contributed by atoms with Gasteiger partial charge in [0.25, 0.3) is 5.91 Å². The van der Waals surface area contributed by atoms with Gasteiger partial charge in [0.15, 0.2) is 5.82 Å². The van der Waals surface area contributed by atoms with Crippen molar-refractivity contribution in [3.8, 4) is 0 Å². The van der Waals surface area contributed by atoms with Gasteiger partial charge in [0.1, 0.15) is 5.82 Å². The van der Waals surface area contributed by atoms with Crippen molar-refractivity contribution >= 4 is 11.9 Å². The molecular weight excluding hydrogens is 368 g/mol. The van der Waals surface area contributed by atoms with E-state index in [-0.39, 0.29) is 11.9 Å². The van der Waals surface area contributed by atoms with Gasteiger partial charge >= 0.3 is 6.03 Å². The largest absolute Gasteiger partial charge is 0.352 e. The van der Waals surface area contributed by atoms with Crippen LogP contribution in [-0.4, -0.2) is 58.2 Å². The van der Waals surface area contributed by atoms with Crippen molar-refractivity contribution in [2.24, 2.45) is 5.92 Å². The summed E-state index contributed by atoms with van der Waals surface area (Å²) >= 11 is 0. The van der Waals surface area contributed by atoms with Crippen LogP contribution >= 0.6 is 0 Å². The molecule has 0 saturated carbocycles. The number of aromatic nitrogens is 3. The number of carbonyl (C=O) groups excluding carboxylic acids is 2. The zero-order valence-electron chi connectivity index (χ0n) is 17.2. The summed E-state index contributed by atoms with van der Waals surface area (Å²) in [5.41, 5.74) is 1.84. The van der Waals surface area contributed by atoms with Crippen LogP contribution in [0.2, 0.25) is 0 Å². The normalized spacial score (nSPS) is 16.1. The van der Waals surface area contributed by atoms with Gasteiger partial charge in [-0.25, -0.2) is 9.78 Å². The predicted octanol–water partition coefficient (Wildman–Crippen LogP) is 2.07. The molecule has 0 radical (unpaired) electrons. The van der Waals surface area contributed by atoms with E-state index in [9.17, 15) is 9.59 Å². The molecule has 1 unspecified atom stereocenters. The molecule has 1 saturated heterocycles. The third-order valence-corrected chi connectivity index (χ3v) is 5.12. The lowest BCUT2D eigenvalue weighted by Crippen LogP contribution is -2.38. The Labute approximate surface area is 171 Å². The molecule has 3 amide bonds. The Morgan fingerprint density at radius 2 is 2.00 bits per heavy atom. The topological polar surface area (TPSA) is 103 Å². The molecule has 156 valence electrons. The molecular formula is C21H30N6O2. The van der Waals surface area contributed by atoms with Crippen LogP contribution in [0.4, 0.5) is 4.79 Å². The number of H-pyrrole nitrogens is 1. The lowest BCUT2D eigenvalue weighted by Gasteiger charge is -2.17. The Bertz CT molecular complexity index is 817. The number of aryl methyl sites for hydroxylation is 1. The fourth-order valence-corrected chi connectivity index (χ4v) is 3.54. The van der Waals surface area contributed by atoms with E-state index in [4.69, 9.17) is 0 Å². The molecule has 8 nitrogen and oxygen atoms in total. The Morgan fingerprint density at radius 3 is 2.69 bits per heavy atom. The van der Waals surface area contributed by atoms with Crippen molar-refractivity contribution in [1.29, 1.82) is 0 Å². The van der Waals surface area contributed by atoms with E-state index >= 15 is 0 Å². The van der Waals surface area contributed by atoms with Gasteiger partial charge < -0.3 is 15.5 Å². The third kappa shape index (κ3) is 6.04. The first kappa shape index (κ1) is 20.8. The summed E-state index contributed by atoms with van der Waals surface area (Å²) in [6, 6.07) is 7.78. The lowest BCUT2D eigenvalue weighted by molar-refractivity contribution is 0.0954. The number of hydrogen-bond donors (Lipinski definition) is 3.